The summed E-state index contributed by atoms with van der Waals surface area (Å²) in [7, 11) is -2.20. The summed E-state index contributed by atoms with van der Waals surface area (Å²) in [6, 6.07) is 16.0. The van der Waals surface area contributed by atoms with Crippen LogP contribution in [0.15, 0.2) is 71.9 Å². The lowest BCUT2D eigenvalue weighted by molar-refractivity contribution is -0.123. The molecule has 3 heterocycles. The normalized spacial score (nSPS) is 16.8. The largest absolute Gasteiger partial charge is 0.497 e. The minimum atomic E-state index is -3.73. The first-order valence-electron chi connectivity index (χ1n) is 11.7. The molecule has 188 valence electrons. The number of para-hydroxylation sites is 1. The van der Waals surface area contributed by atoms with Crippen LogP contribution in [0.1, 0.15) is 12.8 Å². The van der Waals surface area contributed by atoms with E-state index in [0.29, 0.717) is 43.4 Å². The Labute approximate surface area is 214 Å². The van der Waals surface area contributed by atoms with E-state index in [4.69, 9.17) is 9.72 Å². The Kier molecular flexibility index (Phi) is 7.04. The number of benzene rings is 2. The number of sulfonamides is 1. The lowest BCUT2D eigenvalue weighted by Crippen LogP contribution is -2.47. The van der Waals surface area contributed by atoms with Crippen molar-refractivity contribution < 1.29 is 17.9 Å². The van der Waals surface area contributed by atoms with Gasteiger partial charge >= 0.3 is 0 Å². The van der Waals surface area contributed by atoms with Crippen LogP contribution in [0, 0.1) is 5.92 Å². The molecule has 0 aliphatic carbocycles. The van der Waals surface area contributed by atoms with Crippen molar-refractivity contribution in [2.24, 2.45) is 5.92 Å². The highest BCUT2D eigenvalue weighted by Crippen LogP contribution is 2.32. The number of ether oxygens (including phenoxy) is 1. The van der Waals surface area contributed by atoms with Crippen LogP contribution in [0.5, 0.6) is 5.75 Å². The Morgan fingerprint density at radius 1 is 1.17 bits per heavy atom. The number of fused-ring (bicyclic) bond motifs is 1. The van der Waals surface area contributed by atoms with Gasteiger partial charge in [0.05, 0.1) is 34.7 Å². The maximum atomic E-state index is 13.9. The molecule has 1 aliphatic heterocycles. The Morgan fingerprint density at radius 2 is 1.97 bits per heavy atom. The number of aromatic nitrogens is 3. The van der Waals surface area contributed by atoms with Crippen LogP contribution in [0.4, 0.5) is 5.13 Å². The third kappa shape index (κ3) is 4.99. The Hall–Kier alpha value is -3.28. The average molecular weight is 526 g/mol. The van der Waals surface area contributed by atoms with Gasteiger partial charge in [-0.1, -0.05) is 23.5 Å². The molecule has 0 bridgehead atoms. The zero-order valence-electron chi connectivity index (χ0n) is 19.9. The molecular formula is C25H27N5O4S2. The summed E-state index contributed by atoms with van der Waals surface area (Å²) in [6.45, 7) is 1.42. The minimum absolute atomic E-state index is 0.115. The van der Waals surface area contributed by atoms with E-state index in [1.54, 1.807) is 27.9 Å². The van der Waals surface area contributed by atoms with Crippen molar-refractivity contribution in [1.29, 1.82) is 0 Å². The molecule has 0 spiro atoms. The Bertz CT molecular complexity index is 1400. The standard InChI is InChI=1S/C25H27N5O4S2/c1-34-20-9-11-21(12-10-20)36(32,33)29-15-4-6-19(18-29)24(31)30(17-16-28-14-5-13-26-28)25-27-22-7-2-3-8-23(22)35-25/h2-3,5,7-14,19H,4,6,15-18H2,1H3. The van der Waals surface area contributed by atoms with Gasteiger partial charge in [-0.25, -0.2) is 13.4 Å². The highest BCUT2D eigenvalue weighted by atomic mass is 32.2. The highest BCUT2D eigenvalue weighted by Gasteiger charge is 2.36. The molecule has 0 N–H and O–H groups in total. The molecule has 1 amide bonds. The second-order valence-corrected chi connectivity index (χ2v) is 11.5. The number of rotatable bonds is 8. The summed E-state index contributed by atoms with van der Waals surface area (Å²) in [6.07, 6.45) is 4.78. The predicted molar refractivity (Wildman–Crippen MR) is 139 cm³/mol. The van der Waals surface area contributed by atoms with Gasteiger partial charge in [0.15, 0.2) is 5.13 Å². The van der Waals surface area contributed by atoms with E-state index < -0.39 is 15.9 Å². The molecule has 5 rings (SSSR count). The van der Waals surface area contributed by atoms with Crippen molar-refractivity contribution in [1.82, 2.24) is 19.1 Å². The van der Waals surface area contributed by atoms with Crippen molar-refractivity contribution in [3.63, 3.8) is 0 Å². The second kappa shape index (κ2) is 10.4. The number of carbonyl (C=O) groups is 1. The van der Waals surface area contributed by atoms with Gasteiger partial charge in [0, 0.05) is 32.0 Å². The van der Waals surface area contributed by atoms with Gasteiger partial charge in [0.2, 0.25) is 15.9 Å². The minimum Gasteiger partial charge on any atom is -0.497 e. The van der Waals surface area contributed by atoms with Crippen molar-refractivity contribution in [2.45, 2.75) is 24.3 Å². The molecule has 11 heteroatoms. The summed E-state index contributed by atoms with van der Waals surface area (Å²) < 4.78 is 36.0. The number of thiazole rings is 1. The molecule has 2 aromatic heterocycles. The van der Waals surface area contributed by atoms with Crippen LogP contribution in [0.2, 0.25) is 0 Å². The van der Waals surface area contributed by atoms with E-state index in [0.717, 1.165) is 10.2 Å². The van der Waals surface area contributed by atoms with Gasteiger partial charge in [-0.15, -0.1) is 0 Å². The lowest BCUT2D eigenvalue weighted by Gasteiger charge is -2.33. The fraction of sp³-hybridized carbons (Fsp3) is 0.320. The summed E-state index contributed by atoms with van der Waals surface area (Å²) in [5.74, 6) is 0.0107. The van der Waals surface area contributed by atoms with Gasteiger partial charge in [-0.3, -0.25) is 14.4 Å². The van der Waals surface area contributed by atoms with Crippen LogP contribution in [0.3, 0.4) is 0 Å². The van der Waals surface area contributed by atoms with E-state index in [1.165, 1.54) is 34.9 Å². The average Bonchev–Trinajstić information content (AvgIpc) is 3.59. The van der Waals surface area contributed by atoms with Crippen LogP contribution < -0.4 is 9.64 Å². The van der Waals surface area contributed by atoms with Crippen molar-refractivity contribution >= 4 is 42.6 Å². The first-order chi connectivity index (χ1) is 17.5. The molecule has 1 unspecified atom stereocenters. The van der Waals surface area contributed by atoms with Gasteiger partial charge in [0.25, 0.3) is 0 Å². The van der Waals surface area contributed by atoms with Crippen molar-refractivity contribution in [3.05, 3.63) is 67.0 Å². The third-order valence-electron chi connectivity index (χ3n) is 6.32. The van der Waals surface area contributed by atoms with Gasteiger partial charge in [-0.2, -0.15) is 9.40 Å². The number of hydrogen-bond donors (Lipinski definition) is 0. The smallest absolute Gasteiger partial charge is 0.243 e. The van der Waals surface area contributed by atoms with Crippen molar-refractivity contribution in [2.75, 3.05) is 31.6 Å². The van der Waals surface area contributed by atoms with Crippen LogP contribution >= 0.6 is 11.3 Å². The van der Waals surface area contributed by atoms with Crippen LogP contribution in [-0.2, 0) is 21.4 Å². The summed E-state index contributed by atoms with van der Waals surface area (Å²) >= 11 is 1.46. The monoisotopic (exact) mass is 525 g/mol. The fourth-order valence-electron chi connectivity index (χ4n) is 4.39. The van der Waals surface area contributed by atoms with Crippen LogP contribution in [0.25, 0.3) is 10.2 Å². The number of carbonyl (C=O) groups excluding carboxylic acids is 1. The summed E-state index contributed by atoms with van der Waals surface area (Å²) in [5, 5.41) is 4.87. The zero-order chi connectivity index (χ0) is 25.1. The number of nitrogens with zero attached hydrogens (tertiary/aromatic N) is 5. The Balaban J connectivity index is 1.39. The fourth-order valence-corrected chi connectivity index (χ4v) is 6.91. The number of hydrogen-bond acceptors (Lipinski definition) is 7. The molecule has 1 saturated heterocycles. The molecule has 2 aromatic carbocycles. The van der Waals surface area contributed by atoms with E-state index in [1.807, 2.05) is 36.5 Å². The van der Waals surface area contributed by atoms with Crippen molar-refractivity contribution in [3.8, 4) is 5.75 Å². The molecule has 0 saturated carbocycles. The molecule has 1 fully saturated rings. The second-order valence-electron chi connectivity index (χ2n) is 8.60. The highest BCUT2D eigenvalue weighted by molar-refractivity contribution is 7.89. The number of anilines is 1. The summed E-state index contributed by atoms with van der Waals surface area (Å²) in [5.41, 5.74) is 0.835. The van der Waals surface area contributed by atoms with Crippen LogP contribution in [-0.4, -0.2) is 60.1 Å². The number of methoxy groups -OCH3 is 1. The van der Waals surface area contributed by atoms with E-state index in [2.05, 4.69) is 5.10 Å². The van der Waals surface area contributed by atoms with Gasteiger partial charge in [-0.05, 0) is 55.3 Å². The zero-order valence-corrected chi connectivity index (χ0v) is 21.5. The topological polar surface area (TPSA) is 97.6 Å². The number of piperidine rings is 1. The first-order valence-corrected chi connectivity index (χ1v) is 14.0. The van der Waals surface area contributed by atoms with E-state index in [-0.39, 0.29) is 17.3 Å². The lowest BCUT2D eigenvalue weighted by atomic mass is 9.98. The number of amides is 1. The molecular weight excluding hydrogens is 498 g/mol. The van der Waals surface area contributed by atoms with E-state index in [9.17, 15) is 13.2 Å². The molecule has 0 radical (unpaired) electrons. The SMILES string of the molecule is COc1ccc(S(=O)(=O)N2CCCC(C(=O)N(CCn3cccn3)c3nc4ccccc4s3)C2)cc1. The Morgan fingerprint density at radius 3 is 2.69 bits per heavy atom. The van der Waals surface area contributed by atoms with Gasteiger partial charge < -0.3 is 4.74 Å². The quantitative estimate of drug-likeness (QED) is 0.348. The predicted octanol–water partition coefficient (Wildman–Crippen LogP) is 3.64. The summed E-state index contributed by atoms with van der Waals surface area (Å²) in [4.78, 5) is 20.5. The molecule has 9 nitrogen and oxygen atoms in total. The maximum absolute atomic E-state index is 13.9. The molecule has 1 atom stereocenters. The first kappa shape index (κ1) is 24.4. The van der Waals surface area contributed by atoms with Gasteiger partial charge in [0.1, 0.15) is 5.75 Å². The molecule has 4 aromatic rings. The van der Waals surface area contributed by atoms with E-state index >= 15 is 0 Å². The molecule has 36 heavy (non-hydrogen) atoms. The molecule has 1 aliphatic rings. The maximum Gasteiger partial charge on any atom is 0.243 e. The third-order valence-corrected chi connectivity index (χ3v) is 9.26.